The summed E-state index contributed by atoms with van der Waals surface area (Å²) in [7, 11) is -3.21. The van der Waals surface area contributed by atoms with Crippen LogP contribution in [-0.2, 0) is 10.2 Å². The van der Waals surface area contributed by atoms with Crippen LogP contribution < -0.4 is 11.1 Å². The van der Waals surface area contributed by atoms with Crippen molar-refractivity contribution >= 4 is 17.3 Å². The van der Waals surface area contributed by atoms with Crippen LogP contribution in [0.15, 0.2) is 0 Å². The average molecular weight is 362 g/mol. The van der Waals surface area contributed by atoms with Crippen LogP contribution in [-0.4, -0.2) is 79.0 Å². The fourth-order valence-corrected chi connectivity index (χ4v) is 5.42. The molecule has 140 valence electrons. The molecular formula is C14H31BN4O4S. The van der Waals surface area contributed by atoms with Crippen molar-refractivity contribution in [1.29, 1.82) is 0 Å². The first-order valence-electron chi connectivity index (χ1n) is 8.73. The van der Waals surface area contributed by atoms with E-state index in [9.17, 15) is 8.42 Å². The second-order valence-electron chi connectivity index (χ2n) is 7.43. The van der Waals surface area contributed by atoms with Gasteiger partial charge in [0.05, 0.1) is 0 Å². The van der Waals surface area contributed by atoms with Gasteiger partial charge in [-0.3, -0.25) is 0 Å². The quantitative estimate of drug-likeness (QED) is 0.423. The number of rotatable bonds is 7. The molecule has 8 nitrogen and oxygen atoms in total. The number of nitrogens with one attached hydrogen (secondary N) is 1. The number of nitrogens with zero attached hydrogens (tertiary/aromatic N) is 2. The highest BCUT2D eigenvalue weighted by Crippen LogP contribution is 2.32. The van der Waals surface area contributed by atoms with E-state index >= 15 is 0 Å². The highest BCUT2D eigenvalue weighted by atomic mass is 32.2. The molecular weight excluding hydrogens is 331 g/mol. The number of hydrogen-bond donors (Lipinski definition) is 4. The summed E-state index contributed by atoms with van der Waals surface area (Å²) in [6.45, 7) is 4.19. The maximum absolute atomic E-state index is 12.9. The molecule has 0 aromatic rings. The first-order chi connectivity index (χ1) is 11.1. The highest BCUT2D eigenvalue weighted by Gasteiger charge is 2.46. The Hall–Kier alpha value is -0.225. The van der Waals surface area contributed by atoms with Gasteiger partial charge < -0.3 is 21.1 Å². The maximum atomic E-state index is 12.9. The van der Waals surface area contributed by atoms with E-state index in [-0.39, 0.29) is 18.3 Å². The van der Waals surface area contributed by atoms with Gasteiger partial charge in [0.15, 0.2) is 0 Å². The molecule has 2 heterocycles. The lowest BCUT2D eigenvalue weighted by atomic mass is 9.79. The van der Waals surface area contributed by atoms with Crippen LogP contribution >= 0.6 is 0 Å². The van der Waals surface area contributed by atoms with Crippen molar-refractivity contribution in [2.24, 2.45) is 11.7 Å². The minimum absolute atomic E-state index is 0.0173. The predicted octanol–water partition coefficient (Wildman–Crippen LogP) is -1.18. The van der Waals surface area contributed by atoms with Gasteiger partial charge in [0.2, 0.25) is 0 Å². The smallest absolute Gasteiger partial charge is 0.427 e. The standard InChI is InChI=1S/C14H31BN4O4S/c1-14(16)11-19(10-12(14)5-3-7-15(20)21)24(22,23)18(2)13-6-4-8-17-9-13/h12-13,17,20-21H,3-11,16H2,1-2H3/t12-,13+,14-/m0/s1. The Labute approximate surface area is 145 Å². The molecule has 24 heavy (non-hydrogen) atoms. The summed E-state index contributed by atoms with van der Waals surface area (Å²) >= 11 is 0. The summed E-state index contributed by atoms with van der Waals surface area (Å²) in [4.78, 5) is 0. The lowest BCUT2D eigenvalue weighted by Gasteiger charge is -2.33. The van der Waals surface area contributed by atoms with Crippen LogP contribution in [0.5, 0.6) is 0 Å². The Bertz CT molecular complexity index is 511. The maximum Gasteiger partial charge on any atom is 0.451 e. The van der Waals surface area contributed by atoms with E-state index in [4.69, 9.17) is 15.8 Å². The van der Waals surface area contributed by atoms with Crippen LogP contribution in [0, 0.1) is 5.92 Å². The monoisotopic (exact) mass is 362 g/mol. The average Bonchev–Trinajstić information content (AvgIpc) is 2.83. The van der Waals surface area contributed by atoms with Gasteiger partial charge in [0.1, 0.15) is 0 Å². The molecule has 0 aromatic heterocycles. The van der Waals surface area contributed by atoms with E-state index in [1.54, 1.807) is 7.05 Å². The Morgan fingerprint density at radius 3 is 2.75 bits per heavy atom. The minimum atomic E-state index is -3.54. The van der Waals surface area contributed by atoms with Gasteiger partial charge in [-0.05, 0) is 45.0 Å². The van der Waals surface area contributed by atoms with Gasteiger partial charge in [-0.2, -0.15) is 17.0 Å². The molecule has 2 rings (SSSR count). The van der Waals surface area contributed by atoms with Gasteiger partial charge in [-0.25, -0.2) is 0 Å². The summed E-state index contributed by atoms with van der Waals surface area (Å²) in [6, 6.07) is -0.0173. The molecule has 0 unspecified atom stereocenters. The molecule has 0 aliphatic carbocycles. The fourth-order valence-electron chi connectivity index (χ4n) is 3.69. The van der Waals surface area contributed by atoms with E-state index in [0.717, 1.165) is 19.4 Å². The third-order valence-electron chi connectivity index (χ3n) is 5.36. The van der Waals surface area contributed by atoms with Crippen molar-refractivity contribution in [3.63, 3.8) is 0 Å². The molecule has 0 spiro atoms. The fraction of sp³-hybridized carbons (Fsp3) is 1.00. The topological polar surface area (TPSA) is 119 Å². The number of piperidine rings is 1. The second kappa shape index (κ2) is 7.98. The van der Waals surface area contributed by atoms with Gasteiger partial charge in [0, 0.05) is 38.3 Å². The van der Waals surface area contributed by atoms with Crippen molar-refractivity contribution in [2.75, 3.05) is 33.2 Å². The molecule has 2 fully saturated rings. The molecule has 0 bridgehead atoms. The Morgan fingerprint density at radius 2 is 2.17 bits per heavy atom. The zero-order valence-electron chi connectivity index (χ0n) is 14.7. The van der Waals surface area contributed by atoms with Gasteiger partial charge in [-0.15, -0.1) is 0 Å². The van der Waals surface area contributed by atoms with Crippen LogP contribution in [0.3, 0.4) is 0 Å². The molecule has 5 N–H and O–H groups in total. The molecule has 2 aliphatic heterocycles. The van der Waals surface area contributed by atoms with Crippen molar-refractivity contribution in [1.82, 2.24) is 13.9 Å². The summed E-state index contributed by atoms with van der Waals surface area (Å²) in [5.41, 5.74) is 5.74. The summed E-state index contributed by atoms with van der Waals surface area (Å²) in [5, 5.41) is 21.2. The Kier molecular flexibility index (Phi) is 6.68. The first kappa shape index (κ1) is 20.1. The normalized spacial score (nSPS) is 32.4. The van der Waals surface area contributed by atoms with Crippen molar-refractivity contribution in [2.45, 2.75) is 50.5 Å². The third-order valence-corrected chi connectivity index (χ3v) is 7.32. The Morgan fingerprint density at radius 1 is 1.46 bits per heavy atom. The zero-order chi connectivity index (χ0) is 18.0. The van der Waals surface area contributed by atoms with Gasteiger partial charge in [-0.1, -0.05) is 6.42 Å². The van der Waals surface area contributed by atoms with E-state index < -0.39 is 22.9 Å². The SMILES string of the molecule is CN([C@@H]1CCCNC1)S(=O)(=O)N1C[C@H](CCCB(O)O)[C@@](C)(N)C1. The lowest BCUT2D eigenvalue weighted by Crippen LogP contribution is -2.52. The van der Waals surface area contributed by atoms with E-state index in [0.29, 0.717) is 32.5 Å². The van der Waals surface area contributed by atoms with Crippen LogP contribution in [0.1, 0.15) is 32.6 Å². The summed E-state index contributed by atoms with van der Waals surface area (Å²) < 4.78 is 28.8. The van der Waals surface area contributed by atoms with Crippen molar-refractivity contribution in [3.05, 3.63) is 0 Å². The summed E-state index contributed by atoms with van der Waals surface area (Å²) in [5.74, 6) is 0.0175. The van der Waals surface area contributed by atoms with E-state index in [1.807, 2.05) is 6.92 Å². The Balaban J connectivity index is 2.00. The van der Waals surface area contributed by atoms with Gasteiger partial charge in [0.25, 0.3) is 10.2 Å². The largest absolute Gasteiger partial charge is 0.451 e. The third kappa shape index (κ3) is 4.69. The predicted molar refractivity (Wildman–Crippen MR) is 94.5 cm³/mol. The number of likely N-dealkylation sites (N-methyl/N-ethyl adjacent to an activating group) is 1. The number of nitrogens with two attached hydrogens (primary N) is 1. The summed E-state index contributed by atoms with van der Waals surface area (Å²) in [6.07, 6.45) is 3.43. The number of hydrogen-bond acceptors (Lipinski definition) is 6. The van der Waals surface area contributed by atoms with Gasteiger partial charge >= 0.3 is 7.12 Å². The zero-order valence-corrected chi connectivity index (χ0v) is 15.5. The molecule has 0 amide bonds. The second-order valence-corrected chi connectivity index (χ2v) is 9.42. The van der Waals surface area contributed by atoms with Crippen molar-refractivity contribution < 1.29 is 18.5 Å². The van der Waals surface area contributed by atoms with E-state index in [2.05, 4.69) is 5.32 Å². The van der Waals surface area contributed by atoms with Crippen LogP contribution in [0.4, 0.5) is 0 Å². The molecule has 3 atom stereocenters. The van der Waals surface area contributed by atoms with Crippen LogP contribution in [0.2, 0.25) is 6.32 Å². The molecule has 0 saturated carbocycles. The van der Waals surface area contributed by atoms with Crippen molar-refractivity contribution in [3.8, 4) is 0 Å². The molecule has 0 aromatic carbocycles. The molecule has 0 radical (unpaired) electrons. The first-order valence-corrected chi connectivity index (χ1v) is 10.1. The highest BCUT2D eigenvalue weighted by molar-refractivity contribution is 7.86. The van der Waals surface area contributed by atoms with E-state index in [1.165, 1.54) is 8.61 Å². The molecule has 2 saturated heterocycles. The lowest BCUT2D eigenvalue weighted by molar-refractivity contribution is 0.279. The van der Waals surface area contributed by atoms with Crippen LogP contribution in [0.25, 0.3) is 0 Å². The molecule has 10 heteroatoms. The minimum Gasteiger partial charge on any atom is -0.427 e. The molecule has 2 aliphatic rings.